The Morgan fingerprint density at radius 3 is 2.36 bits per heavy atom. The molecule has 1 aliphatic heterocycles. The lowest BCUT2D eigenvalue weighted by atomic mass is 10.1. The van der Waals surface area contributed by atoms with Crippen molar-refractivity contribution in [3.05, 3.63) is 72.4 Å². The Labute approximate surface area is 208 Å². The molecule has 9 nitrogen and oxygen atoms in total. The van der Waals surface area contributed by atoms with E-state index in [-0.39, 0.29) is 30.9 Å². The predicted octanol–water partition coefficient (Wildman–Crippen LogP) is 3.52. The van der Waals surface area contributed by atoms with Crippen molar-refractivity contribution < 1.29 is 14.7 Å². The molecule has 9 heteroatoms. The van der Waals surface area contributed by atoms with Gasteiger partial charge in [0.15, 0.2) is 11.6 Å². The highest BCUT2D eigenvalue weighted by Crippen LogP contribution is 2.27. The monoisotopic (exact) mass is 484 g/mol. The van der Waals surface area contributed by atoms with Crippen molar-refractivity contribution in [1.29, 1.82) is 0 Å². The summed E-state index contributed by atoms with van der Waals surface area (Å²) in [5.41, 5.74) is 3.15. The first-order valence-corrected chi connectivity index (χ1v) is 12.0. The SMILES string of the molecule is CC(=O)Nc1ccc(NC(=O)Cc2cn(-c3ccc(N4CCCC4CO)nn3)c3ccccc23)cc1. The van der Waals surface area contributed by atoms with Crippen LogP contribution in [-0.2, 0) is 16.0 Å². The van der Waals surface area contributed by atoms with Crippen molar-refractivity contribution in [2.45, 2.75) is 32.2 Å². The molecular weight excluding hydrogens is 456 g/mol. The highest BCUT2D eigenvalue weighted by Gasteiger charge is 2.25. The first-order chi connectivity index (χ1) is 17.5. The summed E-state index contributed by atoms with van der Waals surface area (Å²) < 4.78 is 1.95. The Bertz CT molecular complexity index is 1380. The summed E-state index contributed by atoms with van der Waals surface area (Å²) in [7, 11) is 0. The third-order valence-corrected chi connectivity index (χ3v) is 6.40. The van der Waals surface area contributed by atoms with E-state index in [2.05, 4.69) is 25.7 Å². The van der Waals surface area contributed by atoms with Gasteiger partial charge in [0, 0.05) is 36.4 Å². The quantitative estimate of drug-likeness (QED) is 0.370. The molecule has 1 saturated heterocycles. The van der Waals surface area contributed by atoms with Crippen molar-refractivity contribution in [2.24, 2.45) is 0 Å². The number of para-hydroxylation sites is 1. The Balaban J connectivity index is 1.35. The number of anilines is 3. The van der Waals surface area contributed by atoms with Gasteiger partial charge in [0.05, 0.1) is 24.6 Å². The zero-order chi connectivity index (χ0) is 25.1. The van der Waals surface area contributed by atoms with Crippen molar-refractivity contribution in [3.8, 4) is 5.82 Å². The maximum Gasteiger partial charge on any atom is 0.228 e. The fourth-order valence-corrected chi connectivity index (χ4v) is 4.73. The van der Waals surface area contributed by atoms with Gasteiger partial charge in [0.1, 0.15) is 0 Å². The summed E-state index contributed by atoms with van der Waals surface area (Å²) in [5, 5.41) is 25.1. The number of hydrogen-bond donors (Lipinski definition) is 3. The van der Waals surface area contributed by atoms with Crippen molar-refractivity contribution in [3.63, 3.8) is 0 Å². The zero-order valence-corrected chi connectivity index (χ0v) is 20.0. The van der Waals surface area contributed by atoms with Crippen LogP contribution < -0.4 is 15.5 Å². The number of aromatic nitrogens is 3. The number of hydrogen-bond acceptors (Lipinski definition) is 6. The fraction of sp³-hybridized carbons (Fsp3) is 0.259. The molecule has 0 spiro atoms. The van der Waals surface area contributed by atoms with Gasteiger partial charge >= 0.3 is 0 Å². The average molecular weight is 485 g/mol. The summed E-state index contributed by atoms with van der Waals surface area (Å²) in [4.78, 5) is 26.1. The molecule has 184 valence electrons. The van der Waals surface area contributed by atoms with Crippen LogP contribution in [-0.4, -0.2) is 50.9 Å². The van der Waals surface area contributed by atoms with Crippen LogP contribution in [0.2, 0.25) is 0 Å². The Morgan fingerprint density at radius 1 is 0.972 bits per heavy atom. The third-order valence-electron chi connectivity index (χ3n) is 6.40. The average Bonchev–Trinajstić information content (AvgIpc) is 3.50. The van der Waals surface area contributed by atoms with Gasteiger partial charge < -0.3 is 20.6 Å². The largest absolute Gasteiger partial charge is 0.394 e. The van der Waals surface area contributed by atoms with E-state index in [9.17, 15) is 14.7 Å². The second kappa shape index (κ2) is 10.2. The molecule has 3 N–H and O–H groups in total. The number of rotatable bonds is 7. The normalized spacial score (nSPS) is 15.3. The van der Waals surface area contributed by atoms with Gasteiger partial charge in [-0.1, -0.05) is 18.2 Å². The van der Waals surface area contributed by atoms with Gasteiger partial charge in [-0.3, -0.25) is 14.2 Å². The number of amides is 2. The van der Waals surface area contributed by atoms with E-state index < -0.39 is 0 Å². The number of nitrogens with one attached hydrogen (secondary N) is 2. The van der Waals surface area contributed by atoms with Crippen LogP contribution in [0.15, 0.2) is 66.9 Å². The van der Waals surface area contributed by atoms with Gasteiger partial charge in [0.2, 0.25) is 11.8 Å². The molecule has 2 amide bonds. The Hall–Kier alpha value is -4.24. The second-order valence-electron chi connectivity index (χ2n) is 8.95. The molecule has 2 aromatic carbocycles. The molecule has 3 heterocycles. The first-order valence-electron chi connectivity index (χ1n) is 12.0. The lowest BCUT2D eigenvalue weighted by Gasteiger charge is -2.23. The molecule has 0 saturated carbocycles. The van der Waals surface area contributed by atoms with Gasteiger partial charge in [-0.25, -0.2) is 0 Å². The highest BCUT2D eigenvalue weighted by atomic mass is 16.3. The zero-order valence-electron chi connectivity index (χ0n) is 20.0. The minimum absolute atomic E-state index is 0.0873. The predicted molar refractivity (Wildman–Crippen MR) is 139 cm³/mol. The number of carbonyl (C=O) groups is 2. The number of aliphatic hydroxyl groups excluding tert-OH is 1. The molecule has 5 rings (SSSR count). The molecular formula is C27H28N6O3. The standard InChI is InChI=1S/C27H28N6O3/c1-18(35)28-20-8-10-21(11-9-20)29-27(36)15-19-16-33(24-7-3-2-6-23(19)24)26-13-12-25(30-31-26)32-14-4-5-22(32)17-34/h2-3,6-13,16,22,34H,4-5,14-15,17H2,1H3,(H,28,35)(H,29,36). The molecule has 0 radical (unpaired) electrons. The second-order valence-corrected chi connectivity index (χ2v) is 8.95. The van der Waals surface area contributed by atoms with E-state index in [1.165, 1.54) is 6.92 Å². The number of carbonyl (C=O) groups excluding carboxylic acids is 2. The van der Waals surface area contributed by atoms with Gasteiger partial charge in [-0.15, -0.1) is 10.2 Å². The summed E-state index contributed by atoms with van der Waals surface area (Å²) in [6, 6.07) is 18.8. The van der Waals surface area contributed by atoms with E-state index in [1.54, 1.807) is 24.3 Å². The van der Waals surface area contributed by atoms with Crippen LogP contribution in [0.25, 0.3) is 16.7 Å². The summed E-state index contributed by atoms with van der Waals surface area (Å²) >= 11 is 0. The summed E-state index contributed by atoms with van der Waals surface area (Å²) in [5.74, 6) is 1.13. The maximum atomic E-state index is 12.8. The molecule has 0 bridgehead atoms. The Morgan fingerprint density at radius 2 is 1.67 bits per heavy atom. The number of fused-ring (bicyclic) bond motifs is 1. The summed E-state index contributed by atoms with van der Waals surface area (Å²) in [6.45, 7) is 2.42. The van der Waals surface area contributed by atoms with Crippen molar-refractivity contribution in [1.82, 2.24) is 14.8 Å². The van der Waals surface area contributed by atoms with Crippen LogP contribution in [0, 0.1) is 0 Å². The van der Waals surface area contributed by atoms with E-state index in [1.807, 2.05) is 47.2 Å². The number of nitrogens with zero attached hydrogens (tertiary/aromatic N) is 4. The van der Waals surface area contributed by atoms with Gasteiger partial charge in [0.25, 0.3) is 0 Å². The minimum atomic E-state index is -0.145. The fourth-order valence-electron chi connectivity index (χ4n) is 4.73. The third kappa shape index (κ3) is 4.92. The molecule has 4 aromatic rings. The van der Waals surface area contributed by atoms with Gasteiger partial charge in [-0.05, 0) is 60.9 Å². The smallest absolute Gasteiger partial charge is 0.228 e. The van der Waals surface area contributed by atoms with Crippen LogP contribution in [0.1, 0.15) is 25.3 Å². The van der Waals surface area contributed by atoms with E-state index in [0.717, 1.165) is 41.7 Å². The Kier molecular flexibility index (Phi) is 6.64. The topological polar surface area (TPSA) is 112 Å². The molecule has 2 aromatic heterocycles. The van der Waals surface area contributed by atoms with Crippen molar-refractivity contribution in [2.75, 3.05) is 28.7 Å². The van der Waals surface area contributed by atoms with Crippen molar-refractivity contribution >= 4 is 39.9 Å². The first kappa shape index (κ1) is 23.5. The van der Waals surface area contributed by atoms with Crippen LogP contribution in [0.3, 0.4) is 0 Å². The molecule has 1 fully saturated rings. The lowest BCUT2D eigenvalue weighted by molar-refractivity contribution is -0.116. The van der Waals surface area contributed by atoms with Gasteiger partial charge in [-0.2, -0.15) is 0 Å². The number of benzene rings is 2. The minimum Gasteiger partial charge on any atom is -0.394 e. The molecule has 0 aliphatic carbocycles. The van der Waals surface area contributed by atoms with Crippen LogP contribution in [0.4, 0.5) is 17.2 Å². The van der Waals surface area contributed by atoms with E-state index >= 15 is 0 Å². The maximum absolute atomic E-state index is 12.8. The summed E-state index contributed by atoms with van der Waals surface area (Å²) in [6.07, 6.45) is 4.10. The molecule has 1 atom stereocenters. The molecule has 1 aliphatic rings. The molecule has 1 unspecified atom stereocenters. The van der Waals surface area contributed by atoms with E-state index in [0.29, 0.717) is 17.2 Å². The highest BCUT2D eigenvalue weighted by molar-refractivity contribution is 5.96. The lowest BCUT2D eigenvalue weighted by Crippen LogP contribution is -2.32. The number of aliphatic hydroxyl groups is 1. The van der Waals surface area contributed by atoms with Crippen LogP contribution >= 0.6 is 0 Å². The van der Waals surface area contributed by atoms with E-state index in [4.69, 9.17) is 0 Å². The van der Waals surface area contributed by atoms with Crippen LogP contribution in [0.5, 0.6) is 0 Å². The molecule has 36 heavy (non-hydrogen) atoms.